The Kier molecular flexibility index (Phi) is 3.43. The lowest BCUT2D eigenvalue weighted by atomic mass is 10.2. The topological polar surface area (TPSA) is 44.0 Å². The minimum Gasteiger partial charge on any atom is -0.550 e. The van der Waals surface area contributed by atoms with E-state index in [-0.39, 0.29) is 6.42 Å². The van der Waals surface area contributed by atoms with Crippen LogP contribution in [-0.4, -0.2) is 5.97 Å². The zero-order valence-corrected chi connectivity index (χ0v) is 7.69. The fourth-order valence-electron chi connectivity index (χ4n) is 1.28. The molecule has 0 aliphatic carbocycles. The van der Waals surface area contributed by atoms with Crippen molar-refractivity contribution >= 4 is 5.97 Å². The second kappa shape index (κ2) is 4.60. The first-order valence-corrected chi connectivity index (χ1v) is 4.41. The van der Waals surface area contributed by atoms with Gasteiger partial charge in [-0.05, 0) is 0 Å². The molecule has 70 valence electrons. The molecule has 0 saturated carbocycles. The van der Waals surface area contributed by atoms with Gasteiger partial charge in [-0.3, -0.25) is 0 Å². The van der Waals surface area contributed by atoms with E-state index < -0.39 is 5.97 Å². The SMILES string of the molecule is CCC[n+]1ccccc1CC(=O)[O-]. The molecule has 0 aliphatic rings. The van der Waals surface area contributed by atoms with Gasteiger partial charge in [0.2, 0.25) is 0 Å². The van der Waals surface area contributed by atoms with E-state index in [0.717, 1.165) is 18.7 Å². The number of aliphatic carboxylic acids is 1. The number of carbonyl (C=O) groups is 1. The van der Waals surface area contributed by atoms with Crippen LogP contribution >= 0.6 is 0 Å². The molecule has 0 bridgehead atoms. The molecule has 0 atom stereocenters. The molecule has 3 nitrogen and oxygen atoms in total. The summed E-state index contributed by atoms with van der Waals surface area (Å²) < 4.78 is 1.94. The number of carboxylic acid groups (broad SMARTS) is 1. The molecule has 1 aromatic heterocycles. The van der Waals surface area contributed by atoms with Gasteiger partial charge in [0.15, 0.2) is 11.9 Å². The number of carboxylic acids is 1. The van der Waals surface area contributed by atoms with E-state index in [1.54, 1.807) is 0 Å². The van der Waals surface area contributed by atoms with Gasteiger partial charge in [0, 0.05) is 18.6 Å². The third-order valence-electron chi connectivity index (χ3n) is 1.82. The van der Waals surface area contributed by atoms with Crippen molar-refractivity contribution < 1.29 is 14.5 Å². The summed E-state index contributed by atoms with van der Waals surface area (Å²) in [6, 6.07) is 5.55. The number of aryl methyl sites for hydroxylation is 1. The summed E-state index contributed by atoms with van der Waals surface area (Å²) in [6.45, 7) is 2.91. The van der Waals surface area contributed by atoms with Gasteiger partial charge in [-0.2, -0.15) is 0 Å². The maximum atomic E-state index is 10.4. The molecule has 0 aliphatic heterocycles. The van der Waals surface area contributed by atoms with Crippen LogP contribution in [0.2, 0.25) is 0 Å². The van der Waals surface area contributed by atoms with Gasteiger partial charge in [0.25, 0.3) is 0 Å². The van der Waals surface area contributed by atoms with Gasteiger partial charge in [-0.1, -0.05) is 13.0 Å². The molecule has 0 aromatic carbocycles. The minimum absolute atomic E-state index is 0.0131. The number of pyridine rings is 1. The van der Waals surface area contributed by atoms with E-state index in [0.29, 0.717) is 0 Å². The summed E-state index contributed by atoms with van der Waals surface area (Å²) in [5, 5.41) is 10.4. The Morgan fingerprint density at radius 3 is 2.92 bits per heavy atom. The standard InChI is InChI=1S/C10H13NO2/c1-2-6-11-7-4-3-5-9(11)8-10(12)13/h3-5,7H,2,6,8H2,1H3. The van der Waals surface area contributed by atoms with Crippen molar-refractivity contribution in [1.82, 2.24) is 0 Å². The molecule has 1 heterocycles. The predicted molar refractivity (Wildman–Crippen MR) is 45.6 cm³/mol. The highest BCUT2D eigenvalue weighted by Gasteiger charge is 2.07. The molecule has 13 heavy (non-hydrogen) atoms. The van der Waals surface area contributed by atoms with Crippen LogP contribution in [0.3, 0.4) is 0 Å². The van der Waals surface area contributed by atoms with Gasteiger partial charge in [-0.15, -0.1) is 0 Å². The van der Waals surface area contributed by atoms with Crippen molar-refractivity contribution in [3.8, 4) is 0 Å². The number of hydrogen-bond acceptors (Lipinski definition) is 2. The second-order valence-corrected chi connectivity index (χ2v) is 2.93. The first kappa shape index (κ1) is 9.71. The molecule has 0 spiro atoms. The molecule has 1 rings (SSSR count). The Bertz CT molecular complexity index is 297. The quantitative estimate of drug-likeness (QED) is 0.594. The van der Waals surface area contributed by atoms with E-state index in [1.165, 1.54) is 0 Å². The molecular weight excluding hydrogens is 166 g/mol. The van der Waals surface area contributed by atoms with Crippen LogP contribution in [0.1, 0.15) is 19.0 Å². The van der Waals surface area contributed by atoms with Gasteiger partial charge in [-0.25, -0.2) is 4.57 Å². The van der Waals surface area contributed by atoms with E-state index in [4.69, 9.17) is 0 Å². The lowest BCUT2D eigenvalue weighted by Crippen LogP contribution is -2.40. The first-order chi connectivity index (χ1) is 6.24. The van der Waals surface area contributed by atoms with Crippen LogP contribution in [0.5, 0.6) is 0 Å². The second-order valence-electron chi connectivity index (χ2n) is 2.93. The zero-order valence-electron chi connectivity index (χ0n) is 7.69. The highest BCUT2D eigenvalue weighted by molar-refractivity contribution is 5.66. The van der Waals surface area contributed by atoms with Crippen LogP contribution < -0.4 is 9.67 Å². The Balaban J connectivity index is 2.84. The van der Waals surface area contributed by atoms with Crippen LogP contribution in [0, 0.1) is 0 Å². The van der Waals surface area contributed by atoms with Crippen molar-refractivity contribution in [3.63, 3.8) is 0 Å². The molecule has 0 N–H and O–H groups in total. The maximum Gasteiger partial charge on any atom is 0.186 e. The van der Waals surface area contributed by atoms with E-state index in [2.05, 4.69) is 6.92 Å². The Morgan fingerprint density at radius 2 is 2.31 bits per heavy atom. The average Bonchev–Trinajstić information content (AvgIpc) is 2.08. The van der Waals surface area contributed by atoms with Crippen molar-refractivity contribution in [3.05, 3.63) is 30.1 Å². The summed E-state index contributed by atoms with van der Waals surface area (Å²) in [7, 11) is 0. The summed E-state index contributed by atoms with van der Waals surface area (Å²) in [5.41, 5.74) is 0.796. The first-order valence-electron chi connectivity index (χ1n) is 4.41. The van der Waals surface area contributed by atoms with Crippen LogP contribution in [-0.2, 0) is 17.8 Å². The smallest absolute Gasteiger partial charge is 0.186 e. The molecule has 0 unspecified atom stereocenters. The van der Waals surface area contributed by atoms with Gasteiger partial charge < -0.3 is 9.90 Å². The number of carbonyl (C=O) groups excluding carboxylic acids is 1. The summed E-state index contributed by atoms with van der Waals surface area (Å²) in [4.78, 5) is 10.4. The molecule has 3 heteroatoms. The third-order valence-corrected chi connectivity index (χ3v) is 1.82. The Labute approximate surface area is 77.6 Å². The van der Waals surface area contributed by atoms with Crippen LogP contribution in [0.4, 0.5) is 0 Å². The monoisotopic (exact) mass is 179 g/mol. The fourth-order valence-corrected chi connectivity index (χ4v) is 1.28. The average molecular weight is 179 g/mol. The van der Waals surface area contributed by atoms with Crippen LogP contribution in [0.25, 0.3) is 0 Å². The third kappa shape index (κ3) is 2.86. The van der Waals surface area contributed by atoms with Crippen molar-refractivity contribution in [1.29, 1.82) is 0 Å². The van der Waals surface area contributed by atoms with Crippen molar-refractivity contribution in [2.24, 2.45) is 0 Å². The van der Waals surface area contributed by atoms with Gasteiger partial charge >= 0.3 is 0 Å². The Hall–Kier alpha value is -1.38. The normalized spacial score (nSPS) is 9.92. The molecule has 0 amide bonds. The van der Waals surface area contributed by atoms with Gasteiger partial charge in [0.05, 0.1) is 12.4 Å². The number of aromatic nitrogens is 1. The number of hydrogen-bond donors (Lipinski definition) is 0. The van der Waals surface area contributed by atoms with Crippen LogP contribution in [0.15, 0.2) is 24.4 Å². The molecule has 0 radical (unpaired) electrons. The lowest BCUT2D eigenvalue weighted by Gasteiger charge is -2.02. The van der Waals surface area contributed by atoms with Crippen molar-refractivity contribution in [2.75, 3.05) is 0 Å². The predicted octanol–water partition coefficient (Wildman–Crippen LogP) is -0.323. The summed E-state index contributed by atoms with van der Waals surface area (Å²) >= 11 is 0. The maximum absolute atomic E-state index is 10.4. The highest BCUT2D eigenvalue weighted by atomic mass is 16.4. The van der Waals surface area contributed by atoms with E-state index in [9.17, 15) is 9.90 Å². The van der Waals surface area contributed by atoms with E-state index >= 15 is 0 Å². The molecule has 0 saturated heterocycles. The minimum atomic E-state index is -1.03. The summed E-state index contributed by atoms with van der Waals surface area (Å²) in [5.74, 6) is -1.03. The zero-order chi connectivity index (χ0) is 9.68. The molecule has 1 aromatic rings. The summed E-state index contributed by atoms with van der Waals surface area (Å²) in [6.07, 6.45) is 2.87. The lowest BCUT2D eigenvalue weighted by molar-refractivity contribution is -0.703. The fraction of sp³-hybridized carbons (Fsp3) is 0.400. The number of rotatable bonds is 4. The number of nitrogens with zero attached hydrogens (tertiary/aromatic N) is 1. The Morgan fingerprint density at radius 1 is 1.54 bits per heavy atom. The highest BCUT2D eigenvalue weighted by Crippen LogP contribution is 1.93. The largest absolute Gasteiger partial charge is 0.550 e. The molecule has 0 fully saturated rings. The van der Waals surface area contributed by atoms with E-state index in [1.807, 2.05) is 29.0 Å². The van der Waals surface area contributed by atoms with Gasteiger partial charge in [0.1, 0.15) is 6.54 Å². The molecular formula is C10H13NO2. The van der Waals surface area contributed by atoms with Crippen molar-refractivity contribution in [2.45, 2.75) is 26.3 Å².